The Labute approximate surface area is 174 Å². The van der Waals surface area contributed by atoms with Gasteiger partial charge in [-0.15, -0.1) is 0 Å². The van der Waals surface area contributed by atoms with E-state index in [-0.39, 0.29) is 17.6 Å². The van der Waals surface area contributed by atoms with Crippen molar-refractivity contribution < 1.29 is 19.1 Å². The highest BCUT2D eigenvalue weighted by Gasteiger charge is 2.12. The zero-order valence-corrected chi connectivity index (χ0v) is 16.6. The molecule has 0 aliphatic rings. The van der Waals surface area contributed by atoms with Crippen LogP contribution in [0.25, 0.3) is 0 Å². The van der Waals surface area contributed by atoms with Gasteiger partial charge in [0.05, 0.1) is 17.9 Å². The van der Waals surface area contributed by atoms with Gasteiger partial charge in [-0.25, -0.2) is 4.79 Å². The topological polar surface area (TPSA) is 96.5 Å². The maximum Gasteiger partial charge on any atom is 0.330 e. The van der Waals surface area contributed by atoms with E-state index in [1.165, 1.54) is 0 Å². The number of ether oxygens (including phenoxy) is 1. The molecule has 29 heavy (non-hydrogen) atoms. The Bertz CT molecular complexity index is 913. The standard InChI is InChI=1S/C21H21N3O4S/c1-2-28-19(26)13-12-18(25)24-21(29)23-17-11-7-6-10-16(17)20(27)22-14-15-8-4-3-5-9-15/h3-13H,2,14H2,1H3,(H,22,27)(H2,23,24,25,29). The van der Waals surface area contributed by atoms with Crippen molar-refractivity contribution in [1.82, 2.24) is 10.6 Å². The number of carbonyl (C=O) groups excluding carboxylic acids is 3. The lowest BCUT2D eigenvalue weighted by Crippen LogP contribution is -2.34. The molecule has 2 aromatic rings. The molecule has 0 atom stereocenters. The van der Waals surface area contributed by atoms with Gasteiger partial charge in [-0.3, -0.25) is 14.9 Å². The lowest BCUT2D eigenvalue weighted by Gasteiger charge is -2.13. The molecule has 2 aromatic carbocycles. The molecule has 0 saturated heterocycles. The number of benzene rings is 2. The number of hydrogen-bond donors (Lipinski definition) is 3. The molecular weight excluding hydrogens is 390 g/mol. The fourth-order valence-corrected chi connectivity index (χ4v) is 2.52. The second-order valence-corrected chi connectivity index (χ2v) is 6.15. The third kappa shape index (κ3) is 7.55. The van der Waals surface area contributed by atoms with E-state index in [4.69, 9.17) is 17.0 Å². The van der Waals surface area contributed by atoms with Crippen LogP contribution in [-0.2, 0) is 20.9 Å². The Balaban J connectivity index is 1.95. The molecule has 7 nitrogen and oxygen atoms in total. The van der Waals surface area contributed by atoms with Crippen LogP contribution in [-0.4, -0.2) is 29.5 Å². The first-order chi connectivity index (χ1) is 14.0. The van der Waals surface area contributed by atoms with E-state index in [0.717, 1.165) is 17.7 Å². The Morgan fingerprint density at radius 3 is 2.41 bits per heavy atom. The van der Waals surface area contributed by atoms with Crippen molar-refractivity contribution in [2.24, 2.45) is 0 Å². The van der Waals surface area contributed by atoms with Gasteiger partial charge in [-0.2, -0.15) is 0 Å². The normalized spacial score (nSPS) is 10.2. The summed E-state index contributed by atoms with van der Waals surface area (Å²) >= 11 is 5.11. The van der Waals surface area contributed by atoms with Gasteiger partial charge in [0, 0.05) is 18.7 Å². The maximum atomic E-state index is 12.5. The van der Waals surface area contributed by atoms with Gasteiger partial charge < -0.3 is 15.4 Å². The van der Waals surface area contributed by atoms with Crippen LogP contribution < -0.4 is 16.0 Å². The van der Waals surface area contributed by atoms with Crippen molar-refractivity contribution in [2.45, 2.75) is 13.5 Å². The number of rotatable bonds is 7. The predicted molar refractivity (Wildman–Crippen MR) is 114 cm³/mol. The molecule has 0 aromatic heterocycles. The predicted octanol–water partition coefficient (Wildman–Crippen LogP) is 2.55. The van der Waals surface area contributed by atoms with E-state index in [1.54, 1.807) is 31.2 Å². The van der Waals surface area contributed by atoms with E-state index in [0.29, 0.717) is 17.8 Å². The molecule has 0 unspecified atom stereocenters. The van der Waals surface area contributed by atoms with Gasteiger partial charge in [0.25, 0.3) is 5.91 Å². The average Bonchev–Trinajstić information content (AvgIpc) is 2.72. The molecule has 0 fully saturated rings. The molecule has 0 spiro atoms. The first-order valence-corrected chi connectivity index (χ1v) is 9.28. The number of carbonyl (C=O) groups is 3. The second kappa shape index (κ2) is 11.4. The largest absolute Gasteiger partial charge is 0.463 e. The Hall–Kier alpha value is -3.52. The van der Waals surface area contributed by atoms with Crippen LogP contribution in [0.15, 0.2) is 66.7 Å². The molecule has 8 heteroatoms. The van der Waals surface area contributed by atoms with E-state index < -0.39 is 11.9 Å². The third-order valence-electron chi connectivity index (χ3n) is 3.61. The summed E-state index contributed by atoms with van der Waals surface area (Å²) in [6, 6.07) is 16.3. The van der Waals surface area contributed by atoms with E-state index >= 15 is 0 Å². The van der Waals surface area contributed by atoms with Gasteiger partial charge in [0.2, 0.25) is 5.91 Å². The van der Waals surface area contributed by atoms with Crippen LogP contribution in [0.2, 0.25) is 0 Å². The maximum absolute atomic E-state index is 12.5. The first-order valence-electron chi connectivity index (χ1n) is 8.87. The molecule has 0 aliphatic heterocycles. The highest BCUT2D eigenvalue weighted by atomic mass is 32.1. The quantitative estimate of drug-likeness (QED) is 0.368. The lowest BCUT2D eigenvalue weighted by molar-refractivity contribution is -0.137. The average molecular weight is 411 g/mol. The molecule has 2 amide bonds. The monoisotopic (exact) mass is 411 g/mol. The van der Waals surface area contributed by atoms with E-state index in [1.807, 2.05) is 30.3 Å². The Morgan fingerprint density at radius 1 is 1.00 bits per heavy atom. The van der Waals surface area contributed by atoms with E-state index in [9.17, 15) is 14.4 Å². The van der Waals surface area contributed by atoms with Crippen molar-refractivity contribution in [1.29, 1.82) is 0 Å². The molecule has 0 heterocycles. The molecule has 3 N–H and O–H groups in total. The number of anilines is 1. The summed E-state index contributed by atoms with van der Waals surface area (Å²) in [5, 5.41) is 8.06. The number of amides is 2. The van der Waals surface area contributed by atoms with Crippen molar-refractivity contribution in [3.8, 4) is 0 Å². The van der Waals surface area contributed by atoms with Crippen molar-refractivity contribution in [3.63, 3.8) is 0 Å². The number of nitrogens with one attached hydrogen (secondary N) is 3. The fourth-order valence-electron chi connectivity index (χ4n) is 2.30. The van der Waals surface area contributed by atoms with Gasteiger partial charge in [-0.1, -0.05) is 42.5 Å². The minimum Gasteiger partial charge on any atom is -0.463 e. The molecular formula is C21H21N3O4S. The zero-order chi connectivity index (χ0) is 21.1. The number of para-hydroxylation sites is 1. The third-order valence-corrected chi connectivity index (χ3v) is 3.81. The van der Waals surface area contributed by atoms with Crippen LogP contribution in [0.4, 0.5) is 5.69 Å². The summed E-state index contributed by atoms with van der Waals surface area (Å²) in [7, 11) is 0. The summed E-state index contributed by atoms with van der Waals surface area (Å²) in [6.07, 6.45) is 2.02. The minimum absolute atomic E-state index is 0.00758. The molecule has 0 bridgehead atoms. The van der Waals surface area contributed by atoms with Crippen molar-refractivity contribution >= 4 is 40.8 Å². The van der Waals surface area contributed by atoms with Crippen LogP contribution in [0, 0.1) is 0 Å². The lowest BCUT2D eigenvalue weighted by atomic mass is 10.1. The van der Waals surface area contributed by atoms with E-state index in [2.05, 4.69) is 16.0 Å². The Kier molecular flexibility index (Phi) is 8.52. The van der Waals surface area contributed by atoms with Crippen LogP contribution in [0.1, 0.15) is 22.8 Å². The number of hydrogen-bond acceptors (Lipinski definition) is 5. The molecule has 0 saturated carbocycles. The van der Waals surface area contributed by atoms with Gasteiger partial charge >= 0.3 is 5.97 Å². The molecule has 0 radical (unpaired) electrons. The fraction of sp³-hybridized carbons (Fsp3) is 0.143. The van der Waals surface area contributed by atoms with Gasteiger partial charge in [0.15, 0.2) is 5.11 Å². The smallest absolute Gasteiger partial charge is 0.330 e. The summed E-state index contributed by atoms with van der Waals surface area (Å²) in [5.41, 5.74) is 1.79. The SMILES string of the molecule is CCOC(=O)C=CC(=O)NC(=S)Nc1ccccc1C(=O)NCc1ccccc1. The van der Waals surface area contributed by atoms with Gasteiger partial charge in [-0.05, 0) is 36.8 Å². The first kappa shape index (κ1) is 21.8. The van der Waals surface area contributed by atoms with Crippen LogP contribution in [0.3, 0.4) is 0 Å². The number of thiocarbonyl (C=S) groups is 1. The van der Waals surface area contributed by atoms with Crippen LogP contribution in [0.5, 0.6) is 0 Å². The highest BCUT2D eigenvalue weighted by Crippen LogP contribution is 2.15. The zero-order valence-electron chi connectivity index (χ0n) is 15.8. The van der Waals surface area contributed by atoms with Crippen LogP contribution >= 0.6 is 12.2 Å². The summed E-state index contributed by atoms with van der Waals surface area (Å²) in [4.78, 5) is 35.6. The molecule has 150 valence electrons. The molecule has 2 rings (SSSR count). The minimum atomic E-state index is -0.623. The van der Waals surface area contributed by atoms with Gasteiger partial charge in [0.1, 0.15) is 0 Å². The molecule has 0 aliphatic carbocycles. The summed E-state index contributed by atoms with van der Waals surface area (Å²) in [6.45, 7) is 2.26. The number of esters is 1. The van der Waals surface area contributed by atoms with Crippen molar-refractivity contribution in [3.05, 3.63) is 77.9 Å². The van der Waals surface area contributed by atoms with Crippen molar-refractivity contribution in [2.75, 3.05) is 11.9 Å². The summed E-state index contributed by atoms with van der Waals surface area (Å²) in [5.74, 6) is -1.50. The highest BCUT2D eigenvalue weighted by molar-refractivity contribution is 7.80. The summed E-state index contributed by atoms with van der Waals surface area (Å²) < 4.78 is 4.69. The Morgan fingerprint density at radius 2 is 1.69 bits per heavy atom. The second-order valence-electron chi connectivity index (χ2n) is 5.74.